The second-order valence-corrected chi connectivity index (χ2v) is 11.6. The minimum absolute atomic E-state index is 0.368. The Morgan fingerprint density at radius 2 is 1.29 bits per heavy atom. The van der Waals surface area contributed by atoms with Crippen molar-refractivity contribution in [3.05, 3.63) is 158 Å². The van der Waals surface area contributed by atoms with Gasteiger partial charge in [-0.1, -0.05) is 91.0 Å². The van der Waals surface area contributed by atoms with Crippen LogP contribution < -0.4 is 0 Å². The van der Waals surface area contributed by atoms with E-state index in [-0.39, 0.29) is 5.82 Å². The molecule has 5 aromatic carbocycles. The minimum Gasteiger partial charge on any atom is -0.437 e. The molecule has 0 spiro atoms. The van der Waals surface area contributed by atoms with Crippen molar-refractivity contribution in [2.45, 2.75) is 0 Å². The first kappa shape index (κ1) is 27.8. The van der Waals surface area contributed by atoms with Crippen molar-refractivity contribution < 1.29 is 13.2 Å². The van der Waals surface area contributed by atoms with Gasteiger partial charge >= 0.3 is 0 Å². The monoisotopic (exact) mass is 626 g/mol. The average Bonchev–Trinajstić information content (AvgIpc) is 3.72. The highest BCUT2D eigenvalue weighted by Crippen LogP contribution is 2.41. The number of benzene rings is 5. The van der Waals surface area contributed by atoms with E-state index >= 15 is 4.39 Å². The van der Waals surface area contributed by atoms with Gasteiger partial charge in [0.1, 0.15) is 22.7 Å². The quantitative estimate of drug-likeness (QED) is 0.178. The van der Waals surface area contributed by atoms with Crippen LogP contribution in [-0.2, 0) is 0 Å². The Hall–Kier alpha value is -6.47. The van der Waals surface area contributed by atoms with E-state index in [2.05, 4.69) is 52.4 Å². The Balaban J connectivity index is 1.33. The second kappa shape index (κ2) is 11.1. The standard InChI is InChI=1S/C41H24F2N4O/c42-34-15-8-16-35-38(34)47(36-22-27(25-9-3-1-4-10-25)17-19-30(36)26-11-5-2-6-12-26)40(46-35)32-14-7-13-31-33-21-29(24-45-41(33)48-39(31)32)28-18-20-37(43)44-23-28/h1-24H. The van der Waals surface area contributed by atoms with Gasteiger partial charge in [0.15, 0.2) is 0 Å². The zero-order valence-corrected chi connectivity index (χ0v) is 25.3. The Morgan fingerprint density at radius 1 is 0.542 bits per heavy atom. The summed E-state index contributed by atoms with van der Waals surface area (Å²) < 4.78 is 37.9. The smallest absolute Gasteiger partial charge is 0.227 e. The van der Waals surface area contributed by atoms with Gasteiger partial charge in [0, 0.05) is 39.9 Å². The first-order valence-corrected chi connectivity index (χ1v) is 15.5. The number of nitrogens with zero attached hydrogens (tertiary/aromatic N) is 4. The molecule has 0 radical (unpaired) electrons. The highest BCUT2D eigenvalue weighted by Gasteiger charge is 2.24. The lowest BCUT2D eigenvalue weighted by atomic mass is 9.97. The molecule has 0 unspecified atom stereocenters. The summed E-state index contributed by atoms with van der Waals surface area (Å²) in [6, 6.07) is 42.2. The van der Waals surface area contributed by atoms with Crippen molar-refractivity contribution >= 4 is 33.1 Å². The van der Waals surface area contributed by atoms with Gasteiger partial charge in [-0.3, -0.25) is 4.57 Å². The molecule has 0 bridgehead atoms. The van der Waals surface area contributed by atoms with E-state index < -0.39 is 5.95 Å². The molecule has 0 aliphatic rings. The number of imidazole rings is 1. The van der Waals surface area contributed by atoms with E-state index in [0.717, 1.165) is 49.8 Å². The molecule has 5 nitrogen and oxygen atoms in total. The van der Waals surface area contributed by atoms with Crippen LogP contribution in [0.1, 0.15) is 0 Å². The predicted molar refractivity (Wildman–Crippen MR) is 186 cm³/mol. The fraction of sp³-hybridized carbons (Fsp3) is 0. The summed E-state index contributed by atoms with van der Waals surface area (Å²) in [4.78, 5) is 13.5. The van der Waals surface area contributed by atoms with Crippen molar-refractivity contribution in [3.63, 3.8) is 0 Å². The third-order valence-corrected chi connectivity index (χ3v) is 8.71. The van der Waals surface area contributed by atoms with E-state index in [4.69, 9.17) is 9.40 Å². The summed E-state index contributed by atoms with van der Waals surface area (Å²) in [6.45, 7) is 0. The Bertz CT molecular complexity index is 2630. The van der Waals surface area contributed by atoms with Crippen LogP contribution in [0.25, 0.3) is 83.6 Å². The van der Waals surface area contributed by atoms with Gasteiger partial charge in [0.05, 0.1) is 16.8 Å². The van der Waals surface area contributed by atoms with Crippen molar-refractivity contribution in [1.29, 1.82) is 0 Å². The lowest BCUT2D eigenvalue weighted by Gasteiger charge is -2.17. The van der Waals surface area contributed by atoms with Crippen LogP contribution in [-0.4, -0.2) is 19.5 Å². The van der Waals surface area contributed by atoms with Crippen LogP contribution >= 0.6 is 0 Å². The van der Waals surface area contributed by atoms with E-state index in [0.29, 0.717) is 33.7 Å². The fourth-order valence-corrected chi connectivity index (χ4v) is 6.45. The molecular weight excluding hydrogens is 602 g/mol. The average molecular weight is 627 g/mol. The van der Waals surface area contributed by atoms with Crippen LogP contribution in [0.2, 0.25) is 0 Å². The van der Waals surface area contributed by atoms with Gasteiger partial charge in [0.25, 0.3) is 0 Å². The first-order chi connectivity index (χ1) is 23.6. The lowest BCUT2D eigenvalue weighted by molar-refractivity contribution is 0.584. The zero-order valence-electron chi connectivity index (χ0n) is 25.3. The number of pyridine rings is 2. The molecule has 0 amide bonds. The SMILES string of the molecule is Fc1ccc(-c2cnc3oc4c(-c5nc6cccc(F)c6n5-c5cc(-c6ccccc6)ccc5-c5ccccc5)cccc4c3c2)cn1. The molecule has 228 valence electrons. The summed E-state index contributed by atoms with van der Waals surface area (Å²) in [5.41, 5.74) is 8.85. The van der Waals surface area contributed by atoms with Gasteiger partial charge in [-0.05, 0) is 59.2 Å². The third kappa shape index (κ3) is 4.55. The third-order valence-electron chi connectivity index (χ3n) is 8.71. The number of fused-ring (bicyclic) bond motifs is 4. The number of aromatic nitrogens is 4. The van der Waals surface area contributed by atoms with Gasteiger partial charge in [0.2, 0.25) is 11.7 Å². The highest BCUT2D eigenvalue weighted by atomic mass is 19.1. The molecular formula is C41H24F2N4O. The Labute approximate surface area is 273 Å². The van der Waals surface area contributed by atoms with Gasteiger partial charge in [-0.15, -0.1) is 0 Å². The molecule has 7 heteroatoms. The van der Waals surface area contributed by atoms with Crippen LogP contribution in [0.5, 0.6) is 0 Å². The van der Waals surface area contributed by atoms with E-state index in [1.807, 2.05) is 71.3 Å². The molecule has 0 fully saturated rings. The van der Waals surface area contributed by atoms with Crippen molar-refractivity contribution in [1.82, 2.24) is 19.5 Å². The Morgan fingerprint density at radius 3 is 2.08 bits per heavy atom. The summed E-state index contributed by atoms with van der Waals surface area (Å²) >= 11 is 0. The van der Waals surface area contributed by atoms with Crippen LogP contribution in [0, 0.1) is 11.8 Å². The molecule has 9 rings (SSSR count). The number of hydrogen-bond acceptors (Lipinski definition) is 4. The molecule has 0 N–H and O–H groups in total. The number of para-hydroxylation sites is 2. The molecule has 0 saturated heterocycles. The Kier molecular flexibility index (Phi) is 6.43. The molecule has 9 aromatic rings. The van der Waals surface area contributed by atoms with Gasteiger partial charge < -0.3 is 4.42 Å². The zero-order chi connectivity index (χ0) is 32.2. The predicted octanol–water partition coefficient (Wildman–Crippen LogP) is 10.7. The summed E-state index contributed by atoms with van der Waals surface area (Å²) in [7, 11) is 0. The molecule has 0 aliphatic carbocycles. The number of rotatable bonds is 5. The summed E-state index contributed by atoms with van der Waals surface area (Å²) in [5, 5.41) is 1.62. The van der Waals surface area contributed by atoms with E-state index in [9.17, 15) is 4.39 Å². The molecule has 4 aromatic heterocycles. The number of halogens is 2. The lowest BCUT2D eigenvalue weighted by Crippen LogP contribution is -2.02. The van der Waals surface area contributed by atoms with E-state index in [1.165, 1.54) is 18.3 Å². The summed E-state index contributed by atoms with van der Waals surface area (Å²) in [5.74, 6) is -0.397. The molecule has 0 saturated carbocycles. The van der Waals surface area contributed by atoms with Crippen LogP contribution in [0.4, 0.5) is 8.78 Å². The molecule has 4 heterocycles. The highest BCUT2D eigenvalue weighted by molar-refractivity contribution is 6.09. The maximum atomic E-state index is 16.0. The van der Waals surface area contributed by atoms with Crippen LogP contribution in [0.15, 0.2) is 150 Å². The van der Waals surface area contributed by atoms with Crippen molar-refractivity contribution in [3.8, 4) is 50.5 Å². The number of furan rings is 1. The van der Waals surface area contributed by atoms with Crippen LogP contribution in [0.3, 0.4) is 0 Å². The van der Waals surface area contributed by atoms with Crippen molar-refractivity contribution in [2.24, 2.45) is 0 Å². The van der Waals surface area contributed by atoms with Crippen molar-refractivity contribution in [2.75, 3.05) is 0 Å². The topological polar surface area (TPSA) is 56.7 Å². The maximum Gasteiger partial charge on any atom is 0.227 e. The maximum absolute atomic E-state index is 16.0. The normalized spacial score (nSPS) is 11.5. The molecule has 0 aliphatic heterocycles. The number of hydrogen-bond donors (Lipinski definition) is 0. The second-order valence-electron chi connectivity index (χ2n) is 11.6. The molecule has 0 atom stereocenters. The first-order valence-electron chi connectivity index (χ1n) is 15.5. The molecule has 48 heavy (non-hydrogen) atoms. The summed E-state index contributed by atoms with van der Waals surface area (Å²) in [6.07, 6.45) is 3.17. The van der Waals surface area contributed by atoms with E-state index in [1.54, 1.807) is 18.3 Å². The largest absolute Gasteiger partial charge is 0.437 e. The minimum atomic E-state index is -0.546. The van der Waals surface area contributed by atoms with Gasteiger partial charge in [-0.2, -0.15) is 4.39 Å². The fourth-order valence-electron chi connectivity index (χ4n) is 6.45. The van der Waals surface area contributed by atoms with Gasteiger partial charge in [-0.25, -0.2) is 19.3 Å².